The minimum atomic E-state index is -0.000260. The third-order valence-electron chi connectivity index (χ3n) is 4.51. The first-order valence-electron chi connectivity index (χ1n) is 8.19. The molecule has 0 saturated heterocycles. The fraction of sp³-hybridized carbons (Fsp3) is 0.750. The molecule has 2 amide bonds. The van der Waals surface area contributed by atoms with Gasteiger partial charge in [-0.2, -0.15) is 0 Å². The molecule has 1 aromatic heterocycles. The van der Waals surface area contributed by atoms with Crippen LogP contribution in [0.25, 0.3) is 0 Å². The fourth-order valence-corrected chi connectivity index (χ4v) is 3.77. The van der Waals surface area contributed by atoms with Gasteiger partial charge in [-0.25, -0.2) is 9.78 Å². The second-order valence-electron chi connectivity index (χ2n) is 6.02. The Morgan fingerprint density at radius 3 is 2.77 bits per heavy atom. The van der Waals surface area contributed by atoms with E-state index in [0.29, 0.717) is 18.5 Å². The topological polar surface area (TPSA) is 65.5 Å². The first-order valence-corrected chi connectivity index (χ1v) is 9.00. The normalized spacial score (nSPS) is 21.6. The molecule has 1 aliphatic carbocycles. The van der Waals surface area contributed by atoms with Crippen LogP contribution < -0.4 is 5.32 Å². The summed E-state index contributed by atoms with van der Waals surface area (Å²) in [5.41, 5.74) is 0. The Bertz CT molecular complexity index is 470. The molecule has 0 bridgehead atoms. The fourth-order valence-electron chi connectivity index (χ4n) is 2.91. The highest BCUT2D eigenvalue weighted by molar-refractivity contribution is 7.11. The second kappa shape index (κ2) is 8.48. The van der Waals surface area contributed by atoms with Gasteiger partial charge in [0.15, 0.2) is 0 Å². The third-order valence-corrected chi connectivity index (χ3v) is 5.71. The van der Waals surface area contributed by atoms with Crippen LogP contribution in [0, 0.1) is 5.92 Å². The number of aliphatic hydroxyl groups excluding tert-OH is 1. The summed E-state index contributed by atoms with van der Waals surface area (Å²) in [6.45, 7) is 3.03. The highest BCUT2D eigenvalue weighted by Crippen LogP contribution is 2.26. The van der Waals surface area contributed by atoms with Crippen LogP contribution >= 0.6 is 11.3 Å². The van der Waals surface area contributed by atoms with Gasteiger partial charge in [0.1, 0.15) is 0 Å². The summed E-state index contributed by atoms with van der Waals surface area (Å²) >= 11 is 1.72. The van der Waals surface area contributed by atoms with Crippen LogP contribution in [0.4, 0.5) is 4.79 Å². The molecule has 0 spiro atoms. The largest absolute Gasteiger partial charge is 0.396 e. The molecule has 0 aliphatic heterocycles. The Morgan fingerprint density at radius 2 is 2.18 bits per heavy atom. The maximum absolute atomic E-state index is 12.2. The molecule has 2 rings (SSSR count). The van der Waals surface area contributed by atoms with Crippen molar-refractivity contribution in [2.45, 2.75) is 51.5 Å². The van der Waals surface area contributed by atoms with Crippen LogP contribution in [0.2, 0.25) is 0 Å². The van der Waals surface area contributed by atoms with Gasteiger partial charge < -0.3 is 15.3 Å². The number of carbonyl (C=O) groups excluding carboxylic acids is 1. The molecule has 0 radical (unpaired) electrons. The van der Waals surface area contributed by atoms with Crippen molar-refractivity contribution in [1.82, 2.24) is 15.2 Å². The Labute approximate surface area is 136 Å². The van der Waals surface area contributed by atoms with Gasteiger partial charge in [-0.15, -0.1) is 11.3 Å². The summed E-state index contributed by atoms with van der Waals surface area (Å²) in [7, 11) is 1.87. The lowest BCUT2D eigenvalue weighted by atomic mass is 9.86. The van der Waals surface area contributed by atoms with Crippen LogP contribution in [0.5, 0.6) is 0 Å². The number of nitrogens with zero attached hydrogens (tertiary/aromatic N) is 2. The van der Waals surface area contributed by atoms with E-state index < -0.39 is 0 Å². The zero-order valence-electron chi connectivity index (χ0n) is 13.5. The SMILES string of the molecule is CCc1cnc(CCNC(=O)N(C)C2CCC(CO)CC2)s1. The lowest BCUT2D eigenvalue weighted by molar-refractivity contribution is 0.134. The Hall–Kier alpha value is -1.14. The Kier molecular flexibility index (Phi) is 6.64. The summed E-state index contributed by atoms with van der Waals surface area (Å²) in [5.74, 6) is 0.422. The first-order chi connectivity index (χ1) is 10.6. The monoisotopic (exact) mass is 325 g/mol. The van der Waals surface area contributed by atoms with Crippen molar-refractivity contribution < 1.29 is 9.90 Å². The molecule has 1 aliphatic rings. The zero-order valence-corrected chi connectivity index (χ0v) is 14.4. The molecule has 0 atom stereocenters. The molecule has 1 aromatic rings. The quantitative estimate of drug-likeness (QED) is 0.844. The predicted molar refractivity (Wildman–Crippen MR) is 89.2 cm³/mol. The van der Waals surface area contributed by atoms with E-state index in [4.69, 9.17) is 0 Å². The van der Waals surface area contributed by atoms with E-state index in [-0.39, 0.29) is 12.6 Å². The van der Waals surface area contributed by atoms with E-state index in [9.17, 15) is 9.90 Å². The standard InChI is InChI=1S/C16H27N3O2S/c1-3-14-10-18-15(22-14)8-9-17-16(21)19(2)13-6-4-12(11-20)5-7-13/h10,12-13,20H,3-9,11H2,1-2H3,(H,17,21). The van der Waals surface area contributed by atoms with Crippen molar-refractivity contribution in [1.29, 1.82) is 0 Å². The maximum Gasteiger partial charge on any atom is 0.317 e. The number of amides is 2. The number of nitrogens with one attached hydrogen (secondary N) is 1. The van der Waals surface area contributed by atoms with Gasteiger partial charge in [0, 0.05) is 43.7 Å². The molecule has 1 heterocycles. The van der Waals surface area contributed by atoms with Crippen molar-refractivity contribution >= 4 is 17.4 Å². The number of carbonyl (C=O) groups is 1. The van der Waals surface area contributed by atoms with Gasteiger partial charge in [-0.1, -0.05) is 6.92 Å². The average Bonchev–Trinajstić information content (AvgIpc) is 3.02. The van der Waals surface area contributed by atoms with E-state index in [0.717, 1.165) is 43.5 Å². The number of rotatable bonds is 6. The highest BCUT2D eigenvalue weighted by Gasteiger charge is 2.25. The third kappa shape index (κ3) is 4.68. The van der Waals surface area contributed by atoms with Crippen molar-refractivity contribution in [3.05, 3.63) is 16.1 Å². The van der Waals surface area contributed by atoms with Crippen LogP contribution in [0.15, 0.2) is 6.20 Å². The van der Waals surface area contributed by atoms with E-state index in [1.54, 1.807) is 11.3 Å². The molecular formula is C16H27N3O2S. The highest BCUT2D eigenvalue weighted by atomic mass is 32.1. The molecule has 6 heteroatoms. The summed E-state index contributed by atoms with van der Waals surface area (Å²) in [6, 6.07) is 0.300. The van der Waals surface area contributed by atoms with E-state index >= 15 is 0 Å². The van der Waals surface area contributed by atoms with Gasteiger partial charge in [0.05, 0.1) is 5.01 Å². The lowest BCUT2D eigenvalue weighted by Gasteiger charge is -2.34. The van der Waals surface area contributed by atoms with Crippen LogP contribution in [0.3, 0.4) is 0 Å². The summed E-state index contributed by atoms with van der Waals surface area (Å²) in [5, 5.41) is 13.2. The second-order valence-corrected chi connectivity index (χ2v) is 7.22. The van der Waals surface area contributed by atoms with E-state index in [2.05, 4.69) is 17.2 Å². The molecule has 1 fully saturated rings. The summed E-state index contributed by atoms with van der Waals surface area (Å²) in [6.07, 6.45) is 7.73. The minimum Gasteiger partial charge on any atom is -0.396 e. The number of aliphatic hydroxyl groups is 1. The Balaban J connectivity index is 1.70. The van der Waals surface area contributed by atoms with E-state index in [1.165, 1.54) is 4.88 Å². The van der Waals surface area contributed by atoms with Gasteiger partial charge >= 0.3 is 6.03 Å². The van der Waals surface area contributed by atoms with Gasteiger partial charge in [0.25, 0.3) is 0 Å². The number of hydrogen-bond donors (Lipinski definition) is 2. The molecule has 22 heavy (non-hydrogen) atoms. The number of hydrogen-bond acceptors (Lipinski definition) is 4. The predicted octanol–water partition coefficient (Wildman–Crippen LogP) is 2.44. The number of aromatic nitrogens is 1. The molecular weight excluding hydrogens is 298 g/mol. The smallest absolute Gasteiger partial charge is 0.317 e. The number of thiazole rings is 1. The minimum absolute atomic E-state index is 0.000260. The molecule has 0 aromatic carbocycles. The molecule has 1 saturated carbocycles. The van der Waals surface area contributed by atoms with Crippen molar-refractivity contribution in [2.24, 2.45) is 5.92 Å². The summed E-state index contributed by atoms with van der Waals surface area (Å²) in [4.78, 5) is 19.7. The Morgan fingerprint density at radius 1 is 1.45 bits per heavy atom. The zero-order chi connectivity index (χ0) is 15.9. The van der Waals surface area contributed by atoms with Gasteiger partial charge in [-0.05, 0) is 38.0 Å². The molecule has 0 unspecified atom stereocenters. The van der Waals surface area contributed by atoms with Crippen molar-refractivity contribution in [3.63, 3.8) is 0 Å². The molecule has 124 valence electrons. The van der Waals surface area contributed by atoms with Gasteiger partial charge in [0.2, 0.25) is 0 Å². The van der Waals surface area contributed by atoms with Crippen LogP contribution in [-0.4, -0.2) is 47.3 Å². The number of aryl methyl sites for hydroxylation is 1. The lowest BCUT2D eigenvalue weighted by Crippen LogP contribution is -2.45. The van der Waals surface area contributed by atoms with Gasteiger partial charge in [-0.3, -0.25) is 0 Å². The number of urea groups is 1. The molecule has 2 N–H and O–H groups in total. The molecule has 5 nitrogen and oxygen atoms in total. The van der Waals surface area contributed by atoms with Crippen molar-refractivity contribution in [2.75, 3.05) is 20.2 Å². The maximum atomic E-state index is 12.2. The first kappa shape index (κ1) is 17.2. The van der Waals surface area contributed by atoms with Crippen LogP contribution in [-0.2, 0) is 12.8 Å². The average molecular weight is 325 g/mol. The summed E-state index contributed by atoms with van der Waals surface area (Å²) < 4.78 is 0. The van der Waals surface area contributed by atoms with E-state index in [1.807, 2.05) is 18.1 Å². The van der Waals surface area contributed by atoms with Crippen molar-refractivity contribution in [3.8, 4) is 0 Å². The van der Waals surface area contributed by atoms with Crippen LogP contribution in [0.1, 0.15) is 42.5 Å².